The molecule has 0 heterocycles. The first-order valence-corrected chi connectivity index (χ1v) is 3.90. The molecule has 0 saturated carbocycles. The van der Waals surface area contributed by atoms with Gasteiger partial charge in [0.2, 0.25) is 0 Å². The van der Waals surface area contributed by atoms with Gasteiger partial charge in [-0.15, -0.1) is 0 Å². The fraction of sp³-hybridized carbons (Fsp3) is 0.600. The van der Waals surface area contributed by atoms with Gasteiger partial charge in [0.1, 0.15) is 0 Å². The van der Waals surface area contributed by atoms with Gasteiger partial charge in [0.05, 0.1) is 0 Å². The van der Waals surface area contributed by atoms with Crippen LogP contribution in [0.3, 0.4) is 0 Å². The highest BCUT2D eigenvalue weighted by molar-refractivity contribution is 5.33. The number of rotatable bonds is 1. The number of hydrogen-bond donors (Lipinski definition) is 0. The van der Waals surface area contributed by atoms with Gasteiger partial charge in [0.15, 0.2) is 0 Å². The SMILES string of the molecule is C=CC1=C(C)CCC1(C)C. The third-order valence-corrected chi connectivity index (χ3v) is 2.52. The Morgan fingerprint density at radius 2 is 2.10 bits per heavy atom. The van der Waals surface area contributed by atoms with Crippen LogP contribution in [0, 0.1) is 5.41 Å². The second kappa shape index (κ2) is 2.26. The summed E-state index contributed by atoms with van der Waals surface area (Å²) in [7, 11) is 0. The van der Waals surface area contributed by atoms with Crippen molar-refractivity contribution in [2.75, 3.05) is 0 Å². The summed E-state index contributed by atoms with van der Waals surface area (Å²) < 4.78 is 0. The molecule has 0 nitrogen and oxygen atoms in total. The third kappa shape index (κ3) is 1.03. The molecule has 0 bridgehead atoms. The van der Waals surface area contributed by atoms with Gasteiger partial charge in [-0.1, -0.05) is 32.1 Å². The molecule has 0 unspecified atom stereocenters. The highest BCUT2D eigenvalue weighted by atomic mass is 14.3. The predicted octanol–water partition coefficient (Wildman–Crippen LogP) is 3.31. The van der Waals surface area contributed by atoms with Crippen molar-refractivity contribution in [1.82, 2.24) is 0 Å². The molecule has 0 amide bonds. The smallest absolute Gasteiger partial charge is 0.0101 e. The topological polar surface area (TPSA) is 0 Å². The average Bonchev–Trinajstić information content (AvgIpc) is 2.07. The predicted molar refractivity (Wildman–Crippen MR) is 45.9 cm³/mol. The molecule has 0 N–H and O–H groups in total. The van der Waals surface area contributed by atoms with Crippen molar-refractivity contribution in [3.63, 3.8) is 0 Å². The number of allylic oxidation sites excluding steroid dienone is 3. The summed E-state index contributed by atoms with van der Waals surface area (Å²) >= 11 is 0. The summed E-state index contributed by atoms with van der Waals surface area (Å²) in [5.74, 6) is 0. The lowest BCUT2D eigenvalue weighted by Crippen LogP contribution is -2.07. The minimum Gasteiger partial charge on any atom is -0.0988 e. The van der Waals surface area contributed by atoms with Crippen molar-refractivity contribution in [1.29, 1.82) is 0 Å². The van der Waals surface area contributed by atoms with E-state index in [0.717, 1.165) is 0 Å². The summed E-state index contributed by atoms with van der Waals surface area (Å²) in [6.45, 7) is 10.6. The third-order valence-electron chi connectivity index (χ3n) is 2.52. The zero-order valence-corrected chi connectivity index (χ0v) is 7.20. The van der Waals surface area contributed by atoms with Gasteiger partial charge in [0.25, 0.3) is 0 Å². The lowest BCUT2D eigenvalue weighted by atomic mass is 9.85. The van der Waals surface area contributed by atoms with Gasteiger partial charge in [0, 0.05) is 0 Å². The van der Waals surface area contributed by atoms with Crippen LogP contribution in [-0.4, -0.2) is 0 Å². The van der Waals surface area contributed by atoms with E-state index in [1.807, 2.05) is 6.08 Å². The van der Waals surface area contributed by atoms with Crippen molar-refractivity contribution in [2.45, 2.75) is 33.6 Å². The summed E-state index contributed by atoms with van der Waals surface area (Å²) in [6.07, 6.45) is 4.57. The molecule has 0 fully saturated rings. The Bertz CT molecular complexity index is 182. The molecule has 0 spiro atoms. The number of hydrogen-bond acceptors (Lipinski definition) is 0. The summed E-state index contributed by atoms with van der Waals surface area (Å²) in [4.78, 5) is 0. The average molecular weight is 136 g/mol. The highest BCUT2D eigenvalue weighted by Gasteiger charge is 2.27. The maximum Gasteiger partial charge on any atom is -0.0101 e. The Kier molecular flexibility index (Phi) is 1.72. The maximum absolute atomic E-state index is 3.83. The zero-order chi connectivity index (χ0) is 7.78. The molecule has 0 radical (unpaired) electrons. The molecule has 0 atom stereocenters. The molecular formula is C10H16. The monoisotopic (exact) mass is 136 g/mol. The van der Waals surface area contributed by atoms with Gasteiger partial charge >= 0.3 is 0 Å². The summed E-state index contributed by atoms with van der Waals surface area (Å²) in [5, 5.41) is 0. The molecular weight excluding hydrogens is 120 g/mol. The molecule has 10 heavy (non-hydrogen) atoms. The van der Waals surface area contributed by atoms with Crippen LogP contribution < -0.4 is 0 Å². The Balaban J connectivity index is 2.97. The van der Waals surface area contributed by atoms with E-state index in [0.29, 0.717) is 5.41 Å². The standard InChI is InChI=1S/C10H16/c1-5-9-8(2)6-7-10(9,3)4/h5H,1,6-7H2,2-4H3. The first-order chi connectivity index (χ1) is 4.58. The van der Waals surface area contributed by atoms with Gasteiger partial charge in [-0.3, -0.25) is 0 Å². The molecule has 1 rings (SSSR count). The second-order valence-electron chi connectivity index (χ2n) is 3.78. The van der Waals surface area contributed by atoms with Gasteiger partial charge in [-0.05, 0) is 30.8 Å². The van der Waals surface area contributed by atoms with Crippen molar-refractivity contribution in [2.24, 2.45) is 5.41 Å². The van der Waals surface area contributed by atoms with Crippen LogP contribution in [0.15, 0.2) is 23.8 Å². The molecule has 0 heteroatoms. The van der Waals surface area contributed by atoms with E-state index in [4.69, 9.17) is 0 Å². The normalized spacial score (nSPS) is 23.5. The van der Waals surface area contributed by atoms with Crippen LogP contribution >= 0.6 is 0 Å². The van der Waals surface area contributed by atoms with E-state index >= 15 is 0 Å². The quantitative estimate of drug-likeness (QED) is 0.518. The fourth-order valence-electron chi connectivity index (χ4n) is 1.80. The Morgan fingerprint density at radius 3 is 2.30 bits per heavy atom. The maximum atomic E-state index is 3.83. The minimum atomic E-state index is 0.395. The van der Waals surface area contributed by atoms with Crippen LogP contribution in [0.5, 0.6) is 0 Å². The van der Waals surface area contributed by atoms with Crippen molar-refractivity contribution < 1.29 is 0 Å². The summed E-state index contributed by atoms with van der Waals surface area (Å²) in [6, 6.07) is 0. The largest absolute Gasteiger partial charge is 0.0988 e. The van der Waals surface area contributed by atoms with Crippen LogP contribution in [0.4, 0.5) is 0 Å². The molecule has 1 aliphatic rings. The van der Waals surface area contributed by atoms with Crippen molar-refractivity contribution in [3.05, 3.63) is 23.8 Å². The van der Waals surface area contributed by atoms with Crippen LogP contribution in [0.1, 0.15) is 33.6 Å². The van der Waals surface area contributed by atoms with Gasteiger partial charge in [-0.2, -0.15) is 0 Å². The van der Waals surface area contributed by atoms with Gasteiger partial charge < -0.3 is 0 Å². The van der Waals surface area contributed by atoms with E-state index in [9.17, 15) is 0 Å². The van der Waals surface area contributed by atoms with Crippen LogP contribution in [0.25, 0.3) is 0 Å². The molecule has 0 aromatic heterocycles. The van der Waals surface area contributed by atoms with Crippen LogP contribution in [-0.2, 0) is 0 Å². The summed E-state index contributed by atoms with van der Waals surface area (Å²) in [5.41, 5.74) is 3.39. The lowest BCUT2D eigenvalue weighted by molar-refractivity contribution is 0.452. The first kappa shape index (κ1) is 7.59. The highest BCUT2D eigenvalue weighted by Crippen LogP contribution is 2.42. The molecule has 0 saturated heterocycles. The molecule has 0 aromatic carbocycles. The Hall–Kier alpha value is -0.520. The van der Waals surface area contributed by atoms with E-state index < -0.39 is 0 Å². The minimum absolute atomic E-state index is 0.395. The molecule has 1 aliphatic carbocycles. The van der Waals surface area contributed by atoms with Crippen molar-refractivity contribution in [3.8, 4) is 0 Å². The first-order valence-electron chi connectivity index (χ1n) is 3.90. The van der Waals surface area contributed by atoms with E-state index in [-0.39, 0.29) is 0 Å². The molecule has 0 aliphatic heterocycles. The molecule has 56 valence electrons. The van der Waals surface area contributed by atoms with E-state index in [1.54, 1.807) is 0 Å². The molecule has 0 aromatic rings. The Labute approximate surface area is 63.6 Å². The van der Waals surface area contributed by atoms with Gasteiger partial charge in [-0.25, -0.2) is 0 Å². The Morgan fingerprint density at radius 1 is 1.50 bits per heavy atom. The lowest BCUT2D eigenvalue weighted by Gasteiger charge is -2.19. The zero-order valence-electron chi connectivity index (χ0n) is 7.20. The second-order valence-corrected chi connectivity index (χ2v) is 3.78. The fourth-order valence-corrected chi connectivity index (χ4v) is 1.80. The van der Waals surface area contributed by atoms with Crippen molar-refractivity contribution >= 4 is 0 Å². The van der Waals surface area contributed by atoms with E-state index in [2.05, 4.69) is 27.4 Å². The van der Waals surface area contributed by atoms with E-state index in [1.165, 1.54) is 24.0 Å². The van der Waals surface area contributed by atoms with Crippen LogP contribution in [0.2, 0.25) is 0 Å².